The Hall–Kier alpha value is -7.58. The lowest BCUT2D eigenvalue weighted by Gasteiger charge is -2.19. The van der Waals surface area contributed by atoms with Gasteiger partial charge in [0.15, 0.2) is 17.5 Å². The molecule has 2 heterocycles. The number of nitrogens with zero attached hydrogens (tertiary/aromatic N) is 5. The second-order valence-electron chi connectivity index (χ2n) is 13.8. The number of halogens is 6. The fraction of sp³-hybridized carbons (Fsp3) is 0.0417. The van der Waals surface area contributed by atoms with Crippen molar-refractivity contribution < 1.29 is 26.3 Å². The Morgan fingerprint density at radius 2 is 0.949 bits per heavy atom. The monoisotopic (exact) mass is 787 g/mol. The molecule has 0 aliphatic heterocycles. The van der Waals surface area contributed by atoms with Crippen molar-refractivity contribution in [2.75, 3.05) is 0 Å². The van der Waals surface area contributed by atoms with Crippen molar-refractivity contribution in [3.05, 3.63) is 180 Å². The lowest BCUT2D eigenvalue weighted by Crippen LogP contribution is -2.11. The van der Waals surface area contributed by atoms with E-state index in [0.29, 0.717) is 50.6 Å². The van der Waals surface area contributed by atoms with E-state index in [0.717, 1.165) is 34.0 Å². The zero-order valence-electron chi connectivity index (χ0n) is 30.6. The number of nitriles is 1. The Balaban J connectivity index is 1.34. The first kappa shape index (κ1) is 37.0. The number of para-hydroxylation sites is 1. The van der Waals surface area contributed by atoms with Gasteiger partial charge in [0.2, 0.25) is 0 Å². The van der Waals surface area contributed by atoms with E-state index in [1.165, 1.54) is 6.07 Å². The Kier molecular flexibility index (Phi) is 9.05. The maximum Gasteiger partial charge on any atom is 0.416 e. The number of rotatable bonds is 6. The van der Waals surface area contributed by atoms with E-state index < -0.39 is 23.5 Å². The molecule has 9 rings (SSSR count). The zero-order chi connectivity index (χ0) is 40.9. The standard InChI is InChI=1S/C48H27F6N5/c49-47(50,51)36-23-35(24-37(27-36)48(52,53)54)38-20-18-34(46-57-44(30-11-3-1-4-12-30)56-45(58-46)31-13-5-2-6-14-31)26-43(38)59-41-17-8-7-16-39(41)40-25-33(19-21-42(40)59)32-15-9-10-29(22-32)28-55/h1-27H. The molecule has 7 aromatic carbocycles. The van der Waals surface area contributed by atoms with Gasteiger partial charge < -0.3 is 4.57 Å². The lowest BCUT2D eigenvalue weighted by molar-refractivity contribution is -0.143. The Morgan fingerprint density at radius 1 is 0.424 bits per heavy atom. The highest BCUT2D eigenvalue weighted by Gasteiger charge is 2.37. The molecule has 0 amide bonds. The van der Waals surface area contributed by atoms with Crippen molar-refractivity contribution >= 4 is 21.8 Å². The molecule has 0 aliphatic carbocycles. The first-order chi connectivity index (χ1) is 28.4. The molecule has 5 nitrogen and oxygen atoms in total. The summed E-state index contributed by atoms with van der Waals surface area (Å²) >= 11 is 0. The third-order valence-electron chi connectivity index (χ3n) is 10.1. The summed E-state index contributed by atoms with van der Waals surface area (Å²) in [5.41, 5.74) is 2.52. The van der Waals surface area contributed by atoms with Crippen molar-refractivity contribution in [3.63, 3.8) is 0 Å². The summed E-state index contributed by atoms with van der Waals surface area (Å²) in [4.78, 5) is 14.5. The quantitative estimate of drug-likeness (QED) is 0.157. The van der Waals surface area contributed by atoms with Crippen molar-refractivity contribution in [1.29, 1.82) is 5.26 Å². The van der Waals surface area contributed by atoms with Crippen LogP contribution in [0, 0.1) is 11.3 Å². The average molecular weight is 788 g/mol. The number of aromatic nitrogens is 4. The molecule has 11 heteroatoms. The number of fused-ring (bicyclic) bond motifs is 3. The molecule has 0 atom stereocenters. The summed E-state index contributed by atoms with van der Waals surface area (Å²) < 4.78 is 87.6. The van der Waals surface area contributed by atoms with Gasteiger partial charge in [-0.1, -0.05) is 109 Å². The molecule has 59 heavy (non-hydrogen) atoms. The Bertz CT molecular complexity index is 3000. The molecule has 0 radical (unpaired) electrons. The van der Waals surface area contributed by atoms with Gasteiger partial charge >= 0.3 is 12.4 Å². The smallest absolute Gasteiger partial charge is 0.309 e. The molecule has 0 spiro atoms. The van der Waals surface area contributed by atoms with Gasteiger partial charge in [-0.05, 0) is 71.3 Å². The maximum atomic E-state index is 14.3. The van der Waals surface area contributed by atoms with Crippen LogP contribution < -0.4 is 0 Å². The van der Waals surface area contributed by atoms with Crippen LogP contribution in [-0.4, -0.2) is 19.5 Å². The minimum atomic E-state index is -5.06. The van der Waals surface area contributed by atoms with Crippen LogP contribution in [0.25, 0.3) is 83.9 Å². The number of alkyl halides is 6. The predicted octanol–water partition coefficient (Wildman–Crippen LogP) is 13.2. The highest BCUT2D eigenvalue weighted by molar-refractivity contribution is 6.11. The van der Waals surface area contributed by atoms with E-state index in [-0.39, 0.29) is 23.0 Å². The zero-order valence-corrected chi connectivity index (χ0v) is 30.6. The minimum Gasteiger partial charge on any atom is -0.309 e. The molecule has 0 bridgehead atoms. The molecule has 2 aromatic heterocycles. The molecule has 0 unspecified atom stereocenters. The highest BCUT2D eigenvalue weighted by atomic mass is 19.4. The van der Waals surface area contributed by atoms with Gasteiger partial charge in [-0.2, -0.15) is 31.6 Å². The highest BCUT2D eigenvalue weighted by Crippen LogP contribution is 2.43. The van der Waals surface area contributed by atoms with Gasteiger partial charge in [0, 0.05) is 33.0 Å². The summed E-state index contributed by atoms with van der Waals surface area (Å²) in [5, 5.41) is 11.1. The van der Waals surface area contributed by atoms with E-state index >= 15 is 0 Å². The van der Waals surface area contributed by atoms with Crippen LogP contribution >= 0.6 is 0 Å². The van der Waals surface area contributed by atoms with E-state index in [1.807, 2.05) is 114 Å². The van der Waals surface area contributed by atoms with Crippen molar-refractivity contribution in [2.24, 2.45) is 0 Å². The van der Waals surface area contributed by atoms with Gasteiger partial charge in [-0.25, -0.2) is 15.0 Å². The van der Waals surface area contributed by atoms with Gasteiger partial charge in [0.1, 0.15) is 0 Å². The number of benzene rings is 7. The molecule has 0 fully saturated rings. The molecule has 9 aromatic rings. The Morgan fingerprint density at radius 3 is 1.56 bits per heavy atom. The largest absolute Gasteiger partial charge is 0.416 e. The second-order valence-corrected chi connectivity index (χ2v) is 13.8. The Labute approximate surface area is 333 Å². The summed E-state index contributed by atoms with van der Waals surface area (Å²) in [6.45, 7) is 0. The SMILES string of the molecule is N#Cc1cccc(-c2ccc3c(c2)c2ccccc2n3-c2cc(-c3nc(-c4ccccc4)nc(-c4ccccc4)n3)ccc2-c2cc(C(F)(F)F)cc(C(F)(F)F)c2)c1. The van der Waals surface area contributed by atoms with Gasteiger partial charge in [0.05, 0.1) is 39.5 Å². The van der Waals surface area contributed by atoms with E-state index in [1.54, 1.807) is 30.3 Å². The second kappa shape index (κ2) is 14.4. The first-order valence-corrected chi connectivity index (χ1v) is 18.3. The van der Waals surface area contributed by atoms with Crippen molar-refractivity contribution in [3.8, 4) is 68.2 Å². The van der Waals surface area contributed by atoms with Crippen LogP contribution in [0.15, 0.2) is 164 Å². The molecule has 0 saturated heterocycles. The maximum absolute atomic E-state index is 14.3. The van der Waals surface area contributed by atoms with E-state index in [2.05, 4.69) is 6.07 Å². The predicted molar refractivity (Wildman–Crippen MR) is 216 cm³/mol. The third-order valence-corrected chi connectivity index (χ3v) is 10.1. The molecule has 286 valence electrons. The molecule has 0 aliphatic rings. The minimum absolute atomic E-state index is 0.111. The summed E-state index contributed by atoms with van der Waals surface area (Å²) in [5.74, 6) is 0.987. The number of hydrogen-bond donors (Lipinski definition) is 0. The van der Waals surface area contributed by atoms with Crippen LogP contribution in [-0.2, 0) is 12.4 Å². The lowest BCUT2D eigenvalue weighted by atomic mass is 9.96. The molecule has 0 saturated carbocycles. The first-order valence-electron chi connectivity index (χ1n) is 18.3. The summed E-state index contributed by atoms with van der Waals surface area (Å²) in [6.07, 6.45) is -10.1. The normalized spacial score (nSPS) is 11.9. The topological polar surface area (TPSA) is 67.4 Å². The van der Waals surface area contributed by atoms with Crippen molar-refractivity contribution in [1.82, 2.24) is 19.5 Å². The van der Waals surface area contributed by atoms with Crippen LogP contribution in [0.2, 0.25) is 0 Å². The average Bonchev–Trinajstić information content (AvgIpc) is 3.59. The van der Waals surface area contributed by atoms with Gasteiger partial charge in [0.25, 0.3) is 0 Å². The van der Waals surface area contributed by atoms with Gasteiger partial charge in [-0.15, -0.1) is 0 Å². The fourth-order valence-corrected chi connectivity index (χ4v) is 7.33. The van der Waals surface area contributed by atoms with Crippen molar-refractivity contribution in [2.45, 2.75) is 12.4 Å². The van der Waals surface area contributed by atoms with E-state index in [4.69, 9.17) is 15.0 Å². The van der Waals surface area contributed by atoms with Crippen LogP contribution in [0.5, 0.6) is 0 Å². The van der Waals surface area contributed by atoms with Crippen LogP contribution in [0.3, 0.4) is 0 Å². The van der Waals surface area contributed by atoms with E-state index in [9.17, 15) is 31.6 Å². The summed E-state index contributed by atoms with van der Waals surface area (Å²) in [6, 6.07) is 47.4. The van der Waals surface area contributed by atoms with Crippen LogP contribution in [0.4, 0.5) is 26.3 Å². The molecular formula is C48H27F6N5. The van der Waals surface area contributed by atoms with Gasteiger partial charge in [-0.3, -0.25) is 0 Å². The number of hydrogen-bond acceptors (Lipinski definition) is 4. The molecular weight excluding hydrogens is 761 g/mol. The summed E-state index contributed by atoms with van der Waals surface area (Å²) in [7, 11) is 0. The third kappa shape index (κ3) is 7.06. The van der Waals surface area contributed by atoms with Crippen LogP contribution in [0.1, 0.15) is 16.7 Å². The fourth-order valence-electron chi connectivity index (χ4n) is 7.33. The molecule has 0 N–H and O–H groups in total.